The van der Waals surface area contributed by atoms with Gasteiger partial charge in [0.1, 0.15) is 0 Å². The summed E-state index contributed by atoms with van der Waals surface area (Å²) in [6.07, 6.45) is 9.36. The average Bonchev–Trinajstić information content (AvgIpc) is 2.10. The Kier molecular flexibility index (Phi) is 8.95. The van der Waals surface area contributed by atoms with Gasteiger partial charge in [0.2, 0.25) is 0 Å². The van der Waals surface area contributed by atoms with E-state index in [-0.39, 0.29) is 6.10 Å². The number of nitrogens with two attached hydrogens (primary N) is 1. The zero-order valence-corrected chi connectivity index (χ0v) is 8.51. The number of hydrogen-bond donors (Lipinski definition) is 1. The first-order valence-electron chi connectivity index (χ1n) is 5.16. The van der Waals surface area contributed by atoms with Gasteiger partial charge >= 0.3 is 0 Å². The molecule has 0 spiro atoms. The molecule has 12 heavy (non-hydrogen) atoms. The molecule has 0 saturated carbocycles. The first-order valence-corrected chi connectivity index (χ1v) is 5.16. The van der Waals surface area contributed by atoms with Gasteiger partial charge in [-0.15, -0.1) is 0 Å². The molecule has 0 aromatic heterocycles. The Morgan fingerprint density at radius 2 is 1.67 bits per heavy atom. The number of hydrogen-bond acceptors (Lipinski definition) is 2. The van der Waals surface area contributed by atoms with Crippen molar-refractivity contribution in [2.75, 3.05) is 0 Å². The molecule has 2 N–H and O–H groups in total. The Morgan fingerprint density at radius 1 is 1.08 bits per heavy atom. The summed E-state index contributed by atoms with van der Waals surface area (Å²) in [7, 11) is 0. The smallest absolute Gasteiger partial charge is 0.0759 e. The van der Waals surface area contributed by atoms with E-state index in [0.717, 1.165) is 6.42 Å². The normalized spacial score (nSPS) is 13.2. The van der Waals surface area contributed by atoms with E-state index in [2.05, 4.69) is 11.8 Å². The maximum Gasteiger partial charge on any atom is 0.0759 e. The van der Waals surface area contributed by atoms with Gasteiger partial charge in [0, 0.05) is 0 Å². The molecule has 0 fully saturated rings. The van der Waals surface area contributed by atoms with Crippen molar-refractivity contribution < 1.29 is 4.84 Å². The van der Waals surface area contributed by atoms with Gasteiger partial charge in [-0.2, -0.15) is 0 Å². The van der Waals surface area contributed by atoms with E-state index < -0.39 is 0 Å². The lowest BCUT2D eigenvalue weighted by molar-refractivity contribution is 0.0588. The molecule has 0 amide bonds. The number of rotatable bonds is 8. The Balaban J connectivity index is 2.90. The van der Waals surface area contributed by atoms with Crippen molar-refractivity contribution in [2.24, 2.45) is 5.90 Å². The second kappa shape index (κ2) is 9.01. The van der Waals surface area contributed by atoms with Gasteiger partial charge in [0.05, 0.1) is 6.10 Å². The van der Waals surface area contributed by atoms with Crippen LogP contribution in [0.3, 0.4) is 0 Å². The summed E-state index contributed by atoms with van der Waals surface area (Å²) in [6.45, 7) is 4.26. The van der Waals surface area contributed by atoms with Crippen molar-refractivity contribution in [2.45, 2.75) is 64.9 Å². The van der Waals surface area contributed by atoms with E-state index in [1.165, 1.54) is 38.5 Å². The van der Waals surface area contributed by atoms with Crippen molar-refractivity contribution in [3.8, 4) is 0 Å². The van der Waals surface area contributed by atoms with E-state index in [9.17, 15) is 0 Å². The van der Waals surface area contributed by atoms with Gasteiger partial charge < -0.3 is 4.84 Å². The third kappa shape index (κ3) is 8.02. The highest BCUT2D eigenvalue weighted by Gasteiger charge is 1.98. The van der Waals surface area contributed by atoms with Crippen LogP contribution in [0.4, 0.5) is 0 Å². The molecule has 74 valence electrons. The Morgan fingerprint density at radius 3 is 2.25 bits per heavy atom. The molecule has 0 saturated heterocycles. The van der Waals surface area contributed by atoms with E-state index in [1.54, 1.807) is 0 Å². The van der Waals surface area contributed by atoms with Crippen molar-refractivity contribution in [1.29, 1.82) is 0 Å². The minimum Gasteiger partial charge on any atom is -0.302 e. The van der Waals surface area contributed by atoms with Crippen molar-refractivity contribution in [3.63, 3.8) is 0 Å². The standard InChI is InChI=1S/C10H23NO/c1-3-4-5-6-7-8-9-10(2)12-11/h10H,3-9,11H2,1-2H3. The fraction of sp³-hybridized carbons (Fsp3) is 1.00. The van der Waals surface area contributed by atoms with Crippen molar-refractivity contribution >= 4 is 0 Å². The minimum absolute atomic E-state index is 0.233. The van der Waals surface area contributed by atoms with Crippen LogP contribution in [-0.2, 0) is 4.84 Å². The van der Waals surface area contributed by atoms with Gasteiger partial charge in [0.15, 0.2) is 0 Å². The highest BCUT2D eigenvalue weighted by Crippen LogP contribution is 2.08. The molecular formula is C10H23NO. The molecule has 0 aliphatic carbocycles. The summed E-state index contributed by atoms with van der Waals surface area (Å²) in [5.41, 5.74) is 0. The van der Waals surface area contributed by atoms with Gasteiger partial charge in [0.25, 0.3) is 0 Å². The SMILES string of the molecule is CCCCCCCCC(C)ON. The molecule has 0 heterocycles. The van der Waals surface area contributed by atoms with Crippen LogP contribution in [0, 0.1) is 0 Å². The maximum absolute atomic E-state index is 5.03. The predicted molar refractivity (Wildman–Crippen MR) is 52.7 cm³/mol. The fourth-order valence-corrected chi connectivity index (χ4v) is 1.28. The molecule has 2 nitrogen and oxygen atoms in total. The quantitative estimate of drug-likeness (QED) is 0.452. The van der Waals surface area contributed by atoms with Crippen molar-refractivity contribution in [3.05, 3.63) is 0 Å². The van der Waals surface area contributed by atoms with Gasteiger partial charge in [-0.25, -0.2) is 5.90 Å². The monoisotopic (exact) mass is 173 g/mol. The average molecular weight is 173 g/mol. The fourth-order valence-electron chi connectivity index (χ4n) is 1.28. The predicted octanol–water partition coefficient (Wildman–Crippen LogP) is 3.02. The lowest BCUT2D eigenvalue weighted by atomic mass is 10.1. The van der Waals surface area contributed by atoms with Crippen LogP contribution in [0.15, 0.2) is 0 Å². The van der Waals surface area contributed by atoms with E-state index in [0.29, 0.717) is 0 Å². The highest BCUT2D eigenvalue weighted by molar-refractivity contribution is 4.50. The third-order valence-corrected chi connectivity index (χ3v) is 2.20. The Bertz CT molecular complexity index is 85.9. The number of unbranched alkanes of at least 4 members (excludes halogenated alkanes) is 5. The van der Waals surface area contributed by atoms with Gasteiger partial charge in [-0.3, -0.25) is 0 Å². The van der Waals surface area contributed by atoms with Crippen LogP contribution in [-0.4, -0.2) is 6.10 Å². The van der Waals surface area contributed by atoms with Gasteiger partial charge in [-0.1, -0.05) is 45.4 Å². The minimum atomic E-state index is 0.233. The molecule has 0 aromatic rings. The van der Waals surface area contributed by atoms with Gasteiger partial charge in [-0.05, 0) is 13.3 Å². The van der Waals surface area contributed by atoms with Crippen LogP contribution in [0.5, 0.6) is 0 Å². The molecule has 0 aliphatic heterocycles. The molecule has 0 rings (SSSR count). The molecule has 2 heteroatoms. The van der Waals surface area contributed by atoms with Crippen LogP contribution >= 0.6 is 0 Å². The largest absolute Gasteiger partial charge is 0.302 e. The molecule has 0 radical (unpaired) electrons. The summed E-state index contributed by atoms with van der Waals surface area (Å²) in [5.74, 6) is 5.03. The van der Waals surface area contributed by atoms with E-state index in [1.807, 2.05) is 6.92 Å². The summed E-state index contributed by atoms with van der Waals surface area (Å²) in [4.78, 5) is 4.68. The van der Waals surface area contributed by atoms with Crippen LogP contribution in [0.2, 0.25) is 0 Å². The molecule has 1 atom stereocenters. The first-order chi connectivity index (χ1) is 5.81. The molecule has 0 aliphatic rings. The Labute approximate surface area is 76.4 Å². The van der Waals surface area contributed by atoms with Crippen LogP contribution in [0.1, 0.15) is 58.8 Å². The van der Waals surface area contributed by atoms with Crippen LogP contribution in [0.25, 0.3) is 0 Å². The summed E-state index contributed by atoms with van der Waals surface area (Å²) < 4.78 is 0. The second-order valence-electron chi connectivity index (χ2n) is 3.50. The summed E-state index contributed by atoms with van der Waals surface area (Å²) in [6, 6.07) is 0. The zero-order chi connectivity index (χ0) is 9.23. The first kappa shape index (κ1) is 11.9. The summed E-state index contributed by atoms with van der Waals surface area (Å²) in [5, 5.41) is 0. The molecular weight excluding hydrogens is 150 g/mol. The zero-order valence-electron chi connectivity index (χ0n) is 8.51. The topological polar surface area (TPSA) is 35.2 Å². The van der Waals surface area contributed by atoms with E-state index in [4.69, 9.17) is 5.90 Å². The van der Waals surface area contributed by atoms with E-state index >= 15 is 0 Å². The second-order valence-corrected chi connectivity index (χ2v) is 3.50. The van der Waals surface area contributed by atoms with Crippen LogP contribution < -0.4 is 5.90 Å². The molecule has 1 unspecified atom stereocenters. The third-order valence-electron chi connectivity index (χ3n) is 2.20. The molecule has 0 bridgehead atoms. The Hall–Kier alpha value is -0.0800. The lowest BCUT2D eigenvalue weighted by Crippen LogP contribution is -2.12. The lowest BCUT2D eigenvalue weighted by Gasteiger charge is -2.07. The van der Waals surface area contributed by atoms with Crippen molar-refractivity contribution in [1.82, 2.24) is 0 Å². The summed E-state index contributed by atoms with van der Waals surface area (Å²) >= 11 is 0. The maximum atomic E-state index is 5.03. The molecule has 0 aromatic carbocycles. The highest BCUT2D eigenvalue weighted by atomic mass is 16.6.